The van der Waals surface area contributed by atoms with Gasteiger partial charge in [-0.25, -0.2) is 0 Å². The van der Waals surface area contributed by atoms with Crippen molar-refractivity contribution in [2.24, 2.45) is 11.8 Å². The van der Waals surface area contributed by atoms with Gasteiger partial charge in [0.1, 0.15) is 0 Å². The van der Waals surface area contributed by atoms with Gasteiger partial charge in [-0.15, -0.1) is 0 Å². The van der Waals surface area contributed by atoms with Gasteiger partial charge in [0, 0.05) is 19.5 Å². The number of carbonyl (C=O) groups is 1. The zero-order chi connectivity index (χ0) is 13.0. The summed E-state index contributed by atoms with van der Waals surface area (Å²) < 4.78 is 0. The van der Waals surface area contributed by atoms with Crippen molar-refractivity contribution < 1.29 is 9.90 Å². The maximum Gasteiger partial charge on any atom is 0.222 e. The SMILES string of the molecule is CCC1CCC(=O)N(CC(O)C2CCCC2)CC1. The number of hydrogen-bond acceptors (Lipinski definition) is 2. The van der Waals surface area contributed by atoms with Crippen molar-refractivity contribution in [2.45, 2.75) is 64.4 Å². The van der Waals surface area contributed by atoms with Gasteiger partial charge in [-0.05, 0) is 37.5 Å². The topological polar surface area (TPSA) is 40.5 Å². The number of aliphatic hydroxyl groups is 1. The van der Waals surface area contributed by atoms with Crippen LogP contribution in [-0.2, 0) is 4.79 Å². The Morgan fingerprint density at radius 1 is 1.28 bits per heavy atom. The summed E-state index contributed by atoms with van der Waals surface area (Å²) in [6.07, 6.45) is 8.46. The van der Waals surface area contributed by atoms with Gasteiger partial charge >= 0.3 is 0 Å². The molecule has 0 aromatic carbocycles. The normalized spacial score (nSPS) is 28.4. The maximum absolute atomic E-state index is 12.0. The molecule has 2 unspecified atom stereocenters. The smallest absolute Gasteiger partial charge is 0.222 e. The van der Waals surface area contributed by atoms with E-state index in [9.17, 15) is 9.90 Å². The quantitative estimate of drug-likeness (QED) is 0.836. The Labute approximate surface area is 111 Å². The van der Waals surface area contributed by atoms with Crippen LogP contribution in [0.3, 0.4) is 0 Å². The molecular weight excluding hydrogens is 226 g/mol. The molecule has 1 amide bonds. The minimum absolute atomic E-state index is 0.253. The van der Waals surface area contributed by atoms with E-state index < -0.39 is 0 Å². The molecule has 0 bridgehead atoms. The lowest BCUT2D eigenvalue weighted by atomic mass is 9.98. The zero-order valence-electron chi connectivity index (χ0n) is 11.6. The van der Waals surface area contributed by atoms with E-state index in [0.29, 0.717) is 24.8 Å². The predicted octanol–water partition coefficient (Wildman–Crippen LogP) is 2.58. The molecule has 1 aliphatic heterocycles. The second-order valence-corrected chi connectivity index (χ2v) is 6.05. The largest absolute Gasteiger partial charge is 0.391 e. The van der Waals surface area contributed by atoms with Gasteiger partial charge in [-0.2, -0.15) is 0 Å². The predicted molar refractivity (Wildman–Crippen MR) is 72.2 cm³/mol. The molecule has 0 spiro atoms. The van der Waals surface area contributed by atoms with Crippen molar-refractivity contribution in [3.63, 3.8) is 0 Å². The van der Waals surface area contributed by atoms with Crippen LogP contribution in [-0.4, -0.2) is 35.1 Å². The number of likely N-dealkylation sites (tertiary alicyclic amines) is 1. The first-order valence-corrected chi connectivity index (χ1v) is 7.66. The molecule has 1 saturated carbocycles. The first-order valence-electron chi connectivity index (χ1n) is 7.66. The Balaban J connectivity index is 1.85. The molecule has 0 radical (unpaired) electrons. The summed E-state index contributed by atoms with van der Waals surface area (Å²) in [5.41, 5.74) is 0. The highest BCUT2D eigenvalue weighted by molar-refractivity contribution is 5.76. The number of aliphatic hydroxyl groups excluding tert-OH is 1. The molecule has 18 heavy (non-hydrogen) atoms. The zero-order valence-corrected chi connectivity index (χ0v) is 11.6. The molecule has 1 aliphatic carbocycles. The number of β-amino-alcohol motifs (C(OH)–C–C–N with tert-alkyl or cyclic N) is 1. The van der Waals surface area contributed by atoms with Gasteiger partial charge < -0.3 is 10.0 Å². The Kier molecular flexibility index (Phi) is 5.04. The number of amides is 1. The Morgan fingerprint density at radius 3 is 2.67 bits per heavy atom. The van der Waals surface area contributed by atoms with E-state index in [2.05, 4.69) is 6.92 Å². The summed E-state index contributed by atoms with van der Waals surface area (Å²) in [5.74, 6) is 1.38. The summed E-state index contributed by atoms with van der Waals surface area (Å²) in [4.78, 5) is 14.0. The van der Waals surface area contributed by atoms with Crippen molar-refractivity contribution in [3.8, 4) is 0 Å². The van der Waals surface area contributed by atoms with Crippen molar-refractivity contribution in [1.82, 2.24) is 4.90 Å². The van der Waals surface area contributed by atoms with Gasteiger partial charge in [0.2, 0.25) is 5.91 Å². The summed E-state index contributed by atoms with van der Waals surface area (Å²) in [5, 5.41) is 10.2. The lowest BCUT2D eigenvalue weighted by molar-refractivity contribution is -0.132. The van der Waals surface area contributed by atoms with E-state index in [1.54, 1.807) is 0 Å². The Morgan fingerprint density at radius 2 is 2.00 bits per heavy atom. The Bertz CT molecular complexity index is 274. The van der Waals surface area contributed by atoms with E-state index in [4.69, 9.17) is 0 Å². The molecular formula is C15H27NO2. The first-order chi connectivity index (χ1) is 8.70. The first kappa shape index (κ1) is 13.9. The number of hydrogen-bond donors (Lipinski definition) is 1. The molecule has 2 fully saturated rings. The molecule has 1 heterocycles. The molecule has 3 nitrogen and oxygen atoms in total. The van der Waals surface area contributed by atoms with E-state index in [1.807, 2.05) is 4.90 Å². The van der Waals surface area contributed by atoms with Crippen LogP contribution in [0.2, 0.25) is 0 Å². The fourth-order valence-corrected chi connectivity index (χ4v) is 3.41. The van der Waals surface area contributed by atoms with E-state index >= 15 is 0 Å². The lowest BCUT2D eigenvalue weighted by Crippen LogP contribution is -2.39. The fourth-order valence-electron chi connectivity index (χ4n) is 3.41. The van der Waals surface area contributed by atoms with E-state index in [1.165, 1.54) is 19.3 Å². The summed E-state index contributed by atoms with van der Waals surface area (Å²) >= 11 is 0. The molecule has 3 heteroatoms. The van der Waals surface area contributed by atoms with Crippen LogP contribution in [0.1, 0.15) is 58.3 Å². The monoisotopic (exact) mass is 253 g/mol. The van der Waals surface area contributed by atoms with Crippen LogP contribution >= 0.6 is 0 Å². The third-order valence-corrected chi connectivity index (χ3v) is 4.86. The minimum atomic E-state index is -0.297. The van der Waals surface area contributed by atoms with Crippen LogP contribution in [0.5, 0.6) is 0 Å². The van der Waals surface area contributed by atoms with E-state index in [0.717, 1.165) is 32.2 Å². The third kappa shape index (κ3) is 3.47. The van der Waals surface area contributed by atoms with E-state index in [-0.39, 0.29) is 12.0 Å². The van der Waals surface area contributed by atoms with Crippen LogP contribution < -0.4 is 0 Å². The Hall–Kier alpha value is -0.570. The fraction of sp³-hybridized carbons (Fsp3) is 0.933. The summed E-state index contributed by atoms with van der Waals surface area (Å²) in [7, 11) is 0. The van der Waals surface area contributed by atoms with Gasteiger partial charge in [0.15, 0.2) is 0 Å². The van der Waals surface area contributed by atoms with Crippen LogP contribution in [0, 0.1) is 11.8 Å². The van der Waals surface area contributed by atoms with Crippen molar-refractivity contribution in [2.75, 3.05) is 13.1 Å². The van der Waals surface area contributed by atoms with Crippen LogP contribution in [0.15, 0.2) is 0 Å². The van der Waals surface area contributed by atoms with Crippen LogP contribution in [0.4, 0.5) is 0 Å². The van der Waals surface area contributed by atoms with Gasteiger partial charge in [-0.3, -0.25) is 4.79 Å². The standard InChI is InChI=1S/C15H27NO2/c1-2-12-7-8-15(18)16(10-9-12)11-14(17)13-5-3-4-6-13/h12-14,17H,2-11H2,1H3. The number of nitrogens with zero attached hydrogens (tertiary/aromatic N) is 1. The summed E-state index contributed by atoms with van der Waals surface area (Å²) in [6, 6.07) is 0. The highest BCUT2D eigenvalue weighted by Gasteiger charge is 2.28. The van der Waals surface area contributed by atoms with Crippen LogP contribution in [0.25, 0.3) is 0 Å². The second-order valence-electron chi connectivity index (χ2n) is 6.05. The second kappa shape index (κ2) is 6.55. The van der Waals surface area contributed by atoms with Gasteiger partial charge in [-0.1, -0.05) is 26.2 Å². The highest BCUT2D eigenvalue weighted by Crippen LogP contribution is 2.29. The molecule has 0 aromatic heterocycles. The van der Waals surface area contributed by atoms with Crippen molar-refractivity contribution in [1.29, 1.82) is 0 Å². The average molecular weight is 253 g/mol. The molecule has 2 aliphatic rings. The van der Waals surface area contributed by atoms with Crippen molar-refractivity contribution in [3.05, 3.63) is 0 Å². The molecule has 1 N–H and O–H groups in total. The molecule has 104 valence electrons. The summed E-state index contributed by atoms with van der Waals surface area (Å²) in [6.45, 7) is 3.62. The molecule has 0 aromatic rings. The molecule has 2 rings (SSSR count). The number of carbonyl (C=O) groups excluding carboxylic acids is 1. The average Bonchev–Trinajstić information content (AvgIpc) is 2.85. The lowest BCUT2D eigenvalue weighted by Gasteiger charge is -2.27. The minimum Gasteiger partial charge on any atom is -0.391 e. The third-order valence-electron chi connectivity index (χ3n) is 4.86. The maximum atomic E-state index is 12.0. The number of rotatable bonds is 4. The molecule has 1 saturated heterocycles. The molecule has 2 atom stereocenters. The highest BCUT2D eigenvalue weighted by atomic mass is 16.3. The van der Waals surface area contributed by atoms with Gasteiger partial charge in [0.05, 0.1) is 6.10 Å². The van der Waals surface area contributed by atoms with Gasteiger partial charge in [0.25, 0.3) is 0 Å². The van der Waals surface area contributed by atoms with Crippen molar-refractivity contribution >= 4 is 5.91 Å².